The largest absolute Gasteiger partial charge is 0.332 e. The van der Waals surface area contributed by atoms with Gasteiger partial charge >= 0.3 is 5.69 Å². The van der Waals surface area contributed by atoms with Crippen molar-refractivity contribution >= 4 is 47.4 Å². The molecule has 2 aromatic heterocycles. The maximum Gasteiger partial charge on any atom is 0.332 e. The summed E-state index contributed by atoms with van der Waals surface area (Å²) in [6, 6.07) is 0.893. The van der Waals surface area contributed by atoms with Gasteiger partial charge in [0, 0.05) is 14.1 Å². The van der Waals surface area contributed by atoms with Crippen molar-refractivity contribution in [2.75, 3.05) is 5.32 Å². The lowest BCUT2D eigenvalue weighted by atomic mass is 10.1. The number of pyridine rings is 1. The number of hydrogen-bond acceptors (Lipinski definition) is 5. The SMILES string of the molecule is CCCC(N)C(=O)Nc1cnc2c(c1)c(=O)n(C)c(=O)n2C.Cl.Cl. The summed E-state index contributed by atoms with van der Waals surface area (Å²) in [6.07, 6.45) is 2.77. The Morgan fingerprint density at radius 3 is 2.50 bits per heavy atom. The van der Waals surface area contributed by atoms with Gasteiger partial charge in [0.2, 0.25) is 5.91 Å². The number of carbonyl (C=O) groups is 1. The van der Waals surface area contributed by atoms with Gasteiger partial charge in [-0.15, -0.1) is 24.8 Å². The Morgan fingerprint density at radius 1 is 1.29 bits per heavy atom. The summed E-state index contributed by atoms with van der Waals surface area (Å²) in [6.45, 7) is 1.94. The summed E-state index contributed by atoms with van der Waals surface area (Å²) < 4.78 is 2.28. The number of rotatable bonds is 4. The molecule has 0 radical (unpaired) electrons. The zero-order valence-corrected chi connectivity index (χ0v) is 15.2. The Labute approximate surface area is 150 Å². The Hall–Kier alpha value is -1.90. The van der Waals surface area contributed by atoms with E-state index in [-0.39, 0.29) is 41.8 Å². The number of amides is 1. The van der Waals surface area contributed by atoms with E-state index in [1.807, 2.05) is 6.92 Å². The van der Waals surface area contributed by atoms with Crippen LogP contribution >= 0.6 is 24.8 Å². The number of nitrogens with one attached hydrogen (secondary N) is 1. The van der Waals surface area contributed by atoms with Crippen LogP contribution in [0.1, 0.15) is 19.8 Å². The molecule has 10 heteroatoms. The number of fused-ring (bicyclic) bond motifs is 1. The monoisotopic (exact) mass is 377 g/mol. The van der Waals surface area contributed by atoms with Crippen LogP contribution in [0.5, 0.6) is 0 Å². The molecule has 0 bridgehead atoms. The molecule has 0 aliphatic heterocycles. The van der Waals surface area contributed by atoms with E-state index in [0.717, 1.165) is 11.0 Å². The highest BCUT2D eigenvalue weighted by atomic mass is 35.5. The molecule has 0 aliphatic rings. The van der Waals surface area contributed by atoms with Crippen molar-refractivity contribution in [3.63, 3.8) is 0 Å². The van der Waals surface area contributed by atoms with Gasteiger partial charge in [0.15, 0.2) is 0 Å². The first kappa shape index (κ1) is 22.1. The minimum absolute atomic E-state index is 0. The summed E-state index contributed by atoms with van der Waals surface area (Å²) in [5.74, 6) is -0.329. The summed E-state index contributed by atoms with van der Waals surface area (Å²) in [5, 5.41) is 2.89. The molecular weight excluding hydrogens is 357 g/mol. The number of carbonyl (C=O) groups excluding carboxylic acids is 1. The Bertz CT molecular complexity index is 847. The third-order valence-corrected chi connectivity index (χ3v) is 3.50. The van der Waals surface area contributed by atoms with Crippen LogP contribution in [-0.4, -0.2) is 26.1 Å². The molecule has 0 aromatic carbocycles. The normalized spacial score (nSPS) is 11.3. The molecule has 0 spiro atoms. The van der Waals surface area contributed by atoms with Crippen LogP contribution in [-0.2, 0) is 18.9 Å². The molecule has 134 valence electrons. The maximum atomic E-state index is 12.1. The van der Waals surface area contributed by atoms with E-state index in [4.69, 9.17) is 5.73 Å². The summed E-state index contributed by atoms with van der Waals surface area (Å²) in [5.41, 5.74) is 5.47. The second-order valence-corrected chi connectivity index (χ2v) is 5.19. The number of halogens is 2. The van der Waals surface area contributed by atoms with Crippen LogP contribution in [0.25, 0.3) is 11.0 Å². The number of anilines is 1. The molecule has 0 fully saturated rings. The van der Waals surface area contributed by atoms with Gasteiger partial charge in [0.25, 0.3) is 5.56 Å². The van der Waals surface area contributed by atoms with Crippen molar-refractivity contribution in [1.82, 2.24) is 14.1 Å². The summed E-state index contributed by atoms with van der Waals surface area (Å²) in [4.78, 5) is 40.0. The zero-order valence-electron chi connectivity index (χ0n) is 13.6. The smallest absolute Gasteiger partial charge is 0.323 e. The van der Waals surface area contributed by atoms with Crippen molar-refractivity contribution in [3.05, 3.63) is 33.1 Å². The van der Waals surface area contributed by atoms with E-state index >= 15 is 0 Å². The highest BCUT2D eigenvalue weighted by Gasteiger charge is 2.14. The Kier molecular flexibility index (Phi) is 8.12. The number of nitrogens with two attached hydrogens (primary N) is 1. The van der Waals surface area contributed by atoms with E-state index in [9.17, 15) is 14.4 Å². The number of aromatic nitrogens is 3. The van der Waals surface area contributed by atoms with Crippen LogP contribution in [0.15, 0.2) is 21.9 Å². The number of nitrogens with zero attached hydrogens (tertiary/aromatic N) is 3. The van der Waals surface area contributed by atoms with E-state index in [2.05, 4.69) is 10.3 Å². The molecule has 0 aliphatic carbocycles. The Morgan fingerprint density at radius 2 is 1.92 bits per heavy atom. The maximum absolute atomic E-state index is 12.1. The van der Waals surface area contributed by atoms with E-state index in [0.29, 0.717) is 12.1 Å². The quantitative estimate of drug-likeness (QED) is 0.807. The van der Waals surface area contributed by atoms with Crippen molar-refractivity contribution < 1.29 is 4.79 Å². The zero-order chi connectivity index (χ0) is 16.4. The van der Waals surface area contributed by atoms with Gasteiger partial charge in [0.05, 0.1) is 23.3 Å². The number of hydrogen-bond donors (Lipinski definition) is 2. The molecule has 1 amide bonds. The topological polar surface area (TPSA) is 112 Å². The lowest BCUT2D eigenvalue weighted by Gasteiger charge is -2.12. The minimum Gasteiger partial charge on any atom is -0.323 e. The average Bonchev–Trinajstić information content (AvgIpc) is 2.51. The van der Waals surface area contributed by atoms with Crippen molar-refractivity contribution in [2.45, 2.75) is 25.8 Å². The molecule has 1 atom stereocenters. The fourth-order valence-electron chi connectivity index (χ4n) is 2.21. The van der Waals surface area contributed by atoms with Gasteiger partial charge in [0.1, 0.15) is 5.65 Å². The second kappa shape index (κ2) is 8.81. The minimum atomic E-state index is -0.608. The fourth-order valence-corrected chi connectivity index (χ4v) is 2.21. The van der Waals surface area contributed by atoms with Gasteiger partial charge in [-0.2, -0.15) is 0 Å². The first-order valence-electron chi connectivity index (χ1n) is 6.99. The third kappa shape index (κ3) is 4.14. The fraction of sp³-hybridized carbons (Fsp3) is 0.429. The van der Waals surface area contributed by atoms with Crippen molar-refractivity contribution in [1.29, 1.82) is 0 Å². The summed E-state index contributed by atoms with van der Waals surface area (Å²) >= 11 is 0. The van der Waals surface area contributed by atoms with Crippen LogP contribution in [0.3, 0.4) is 0 Å². The molecule has 0 saturated carbocycles. The van der Waals surface area contributed by atoms with E-state index in [1.54, 1.807) is 0 Å². The van der Waals surface area contributed by atoms with Gasteiger partial charge in [-0.05, 0) is 12.5 Å². The van der Waals surface area contributed by atoms with Crippen LogP contribution in [0.2, 0.25) is 0 Å². The first-order chi connectivity index (χ1) is 10.4. The number of aryl methyl sites for hydroxylation is 1. The first-order valence-corrected chi connectivity index (χ1v) is 6.99. The predicted molar refractivity (Wildman–Crippen MR) is 98.2 cm³/mol. The van der Waals surface area contributed by atoms with Crippen LogP contribution in [0, 0.1) is 0 Å². The van der Waals surface area contributed by atoms with Crippen LogP contribution in [0.4, 0.5) is 5.69 Å². The van der Waals surface area contributed by atoms with E-state index < -0.39 is 17.3 Å². The molecule has 24 heavy (non-hydrogen) atoms. The van der Waals surface area contributed by atoms with Crippen molar-refractivity contribution in [2.24, 2.45) is 19.8 Å². The Balaban J connectivity index is 0.00000264. The van der Waals surface area contributed by atoms with Gasteiger partial charge < -0.3 is 11.1 Å². The van der Waals surface area contributed by atoms with E-state index in [1.165, 1.54) is 30.9 Å². The molecule has 2 aromatic rings. The second-order valence-electron chi connectivity index (χ2n) is 5.19. The molecular formula is C14H21Cl2N5O3. The summed E-state index contributed by atoms with van der Waals surface area (Å²) in [7, 11) is 2.93. The lowest BCUT2D eigenvalue weighted by Crippen LogP contribution is -2.37. The van der Waals surface area contributed by atoms with Gasteiger partial charge in [-0.3, -0.25) is 18.7 Å². The molecule has 2 rings (SSSR count). The average molecular weight is 378 g/mol. The standard InChI is InChI=1S/C14H19N5O3.2ClH/c1-4-5-10(15)12(20)17-8-6-9-11(16-7-8)18(2)14(22)19(3)13(9)21;;/h6-7,10H,4-5,15H2,1-3H3,(H,17,20);2*1H. The lowest BCUT2D eigenvalue weighted by molar-refractivity contribution is -0.117. The van der Waals surface area contributed by atoms with Gasteiger partial charge in [-0.1, -0.05) is 13.3 Å². The molecule has 1 unspecified atom stereocenters. The van der Waals surface area contributed by atoms with Gasteiger partial charge in [-0.25, -0.2) is 9.78 Å². The predicted octanol–water partition coefficient (Wildman–Crippen LogP) is 0.542. The highest BCUT2D eigenvalue weighted by Crippen LogP contribution is 2.12. The molecule has 2 heterocycles. The molecule has 0 saturated heterocycles. The highest BCUT2D eigenvalue weighted by molar-refractivity contribution is 5.95. The van der Waals surface area contributed by atoms with Crippen LogP contribution < -0.4 is 22.3 Å². The van der Waals surface area contributed by atoms with Crippen molar-refractivity contribution in [3.8, 4) is 0 Å². The molecule has 3 N–H and O–H groups in total. The third-order valence-electron chi connectivity index (χ3n) is 3.50. The molecule has 8 nitrogen and oxygen atoms in total.